The molecule has 7 heteroatoms. The number of hydrogen-bond donors (Lipinski definition) is 2. The number of anilines is 2. The van der Waals surface area contributed by atoms with Gasteiger partial charge < -0.3 is 15.7 Å². The minimum absolute atomic E-state index is 0.147. The largest absolute Gasteiger partial charge is 0.478 e. The number of nitrogen functional groups attached to an aromatic ring is 1. The zero-order chi connectivity index (χ0) is 16.4. The summed E-state index contributed by atoms with van der Waals surface area (Å²) in [6.07, 6.45) is 3.48. The fourth-order valence-electron chi connectivity index (χ4n) is 2.39. The van der Waals surface area contributed by atoms with Crippen molar-refractivity contribution >= 4 is 28.6 Å². The molecule has 0 saturated heterocycles. The van der Waals surface area contributed by atoms with Crippen LogP contribution in [0.5, 0.6) is 0 Å². The van der Waals surface area contributed by atoms with Gasteiger partial charge in [0.15, 0.2) is 0 Å². The Morgan fingerprint density at radius 1 is 1.30 bits per heavy atom. The molecule has 0 fully saturated rings. The third kappa shape index (κ3) is 3.03. The van der Waals surface area contributed by atoms with Crippen molar-refractivity contribution in [3.63, 3.8) is 0 Å². The summed E-state index contributed by atoms with van der Waals surface area (Å²) in [6, 6.07) is 8.52. The first kappa shape index (κ1) is 14.7. The van der Waals surface area contributed by atoms with Gasteiger partial charge in [0.05, 0.1) is 11.1 Å². The summed E-state index contributed by atoms with van der Waals surface area (Å²) in [4.78, 5) is 25.6. The lowest BCUT2D eigenvalue weighted by molar-refractivity contribution is 0.0697. The van der Waals surface area contributed by atoms with Gasteiger partial charge in [-0.05, 0) is 29.8 Å². The van der Waals surface area contributed by atoms with Gasteiger partial charge >= 0.3 is 5.97 Å². The molecule has 0 bridgehead atoms. The number of hydrogen-bond acceptors (Lipinski definition) is 6. The maximum atomic E-state index is 11.2. The molecule has 2 aromatic heterocycles. The number of carboxylic acids is 1. The SMILES string of the molecule is CN(Cc1cccnc1)c1nc(N)nc2ccc(C(=O)O)cc12. The summed E-state index contributed by atoms with van der Waals surface area (Å²) in [7, 11) is 1.86. The number of carboxylic acid groups (broad SMARTS) is 1. The number of nitrogens with two attached hydrogens (primary N) is 1. The van der Waals surface area contributed by atoms with Crippen molar-refractivity contribution < 1.29 is 9.90 Å². The van der Waals surface area contributed by atoms with Gasteiger partial charge in [-0.2, -0.15) is 4.98 Å². The fraction of sp³-hybridized carbons (Fsp3) is 0.125. The van der Waals surface area contributed by atoms with Crippen LogP contribution < -0.4 is 10.6 Å². The summed E-state index contributed by atoms with van der Waals surface area (Å²) >= 11 is 0. The number of pyridine rings is 1. The van der Waals surface area contributed by atoms with Crippen LogP contribution in [0.1, 0.15) is 15.9 Å². The molecule has 0 unspecified atom stereocenters. The van der Waals surface area contributed by atoms with E-state index >= 15 is 0 Å². The zero-order valence-electron chi connectivity index (χ0n) is 12.5. The highest BCUT2D eigenvalue weighted by atomic mass is 16.4. The molecule has 0 spiro atoms. The van der Waals surface area contributed by atoms with Gasteiger partial charge in [-0.15, -0.1) is 0 Å². The van der Waals surface area contributed by atoms with Crippen LogP contribution in [0.15, 0.2) is 42.7 Å². The normalized spacial score (nSPS) is 10.7. The predicted octanol–water partition coefficient (Wildman–Crippen LogP) is 1.94. The average Bonchev–Trinajstić information content (AvgIpc) is 2.54. The Kier molecular flexibility index (Phi) is 3.76. The molecule has 0 atom stereocenters. The van der Waals surface area contributed by atoms with Crippen LogP contribution in [0.2, 0.25) is 0 Å². The van der Waals surface area contributed by atoms with Gasteiger partial charge in [0.2, 0.25) is 5.95 Å². The molecule has 2 heterocycles. The maximum absolute atomic E-state index is 11.2. The summed E-state index contributed by atoms with van der Waals surface area (Å²) < 4.78 is 0. The lowest BCUT2D eigenvalue weighted by Gasteiger charge is -2.20. The Hall–Kier alpha value is -3.22. The Balaban J connectivity index is 2.07. The van der Waals surface area contributed by atoms with Gasteiger partial charge in [0, 0.05) is 31.4 Å². The summed E-state index contributed by atoms with van der Waals surface area (Å²) in [5.74, 6) is -0.266. The zero-order valence-corrected chi connectivity index (χ0v) is 12.5. The number of fused-ring (bicyclic) bond motifs is 1. The minimum atomic E-state index is -0.996. The van der Waals surface area contributed by atoms with E-state index in [0.717, 1.165) is 5.56 Å². The van der Waals surface area contributed by atoms with Crippen molar-refractivity contribution in [2.24, 2.45) is 0 Å². The van der Waals surface area contributed by atoms with Crippen LogP contribution in [0, 0.1) is 0 Å². The van der Waals surface area contributed by atoms with E-state index in [4.69, 9.17) is 5.73 Å². The number of carbonyl (C=O) groups is 1. The molecule has 0 radical (unpaired) electrons. The van der Waals surface area contributed by atoms with E-state index in [9.17, 15) is 9.90 Å². The quantitative estimate of drug-likeness (QED) is 0.758. The second-order valence-corrected chi connectivity index (χ2v) is 5.16. The second-order valence-electron chi connectivity index (χ2n) is 5.16. The Morgan fingerprint density at radius 2 is 2.13 bits per heavy atom. The molecule has 0 aliphatic rings. The topological polar surface area (TPSA) is 105 Å². The summed E-state index contributed by atoms with van der Waals surface area (Å²) in [6.45, 7) is 0.566. The standard InChI is InChI=1S/C16H15N5O2/c1-21(9-10-3-2-6-18-8-10)14-12-7-11(15(22)23)4-5-13(12)19-16(17)20-14/h2-8H,9H2,1H3,(H,22,23)(H2,17,19,20). The summed E-state index contributed by atoms with van der Waals surface area (Å²) in [5, 5.41) is 9.82. The molecular weight excluding hydrogens is 294 g/mol. The average molecular weight is 309 g/mol. The monoisotopic (exact) mass is 309 g/mol. The van der Waals surface area contributed by atoms with Crippen LogP contribution >= 0.6 is 0 Å². The third-order valence-electron chi connectivity index (χ3n) is 3.44. The number of aromatic carboxylic acids is 1. The van der Waals surface area contributed by atoms with Crippen molar-refractivity contribution in [1.82, 2.24) is 15.0 Å². The van der Waals surface area contributed by atoms with Gasteiger partial charge in [-0.3, -0.25) is 4.98 Å². The van der Waals surface area contributed by atoms with E-state index in [2.05, 4.69) is 15.0 Å². The van der Waals surface area contributed by atoms with Crippen LogP contribution in [0.3, 0.4) is 0 Å². The molecule has 0 amide bonds. The maximum Gasteiger partial charge on any atom is 0.335 e. The second kappa shape index (κ2) is 5.88. The molecule has 0 aliphatic carbocycles. The molecule has 3 aromatic rings. The Labute approximate surface area is 132 Å². The van der Waals surface area contributed by atoms with Crippen LogP contribution in [0.4, 0.5) is 11.8 Å². The fourth-order valence-corrected chi connectivity index (χ4v) is 2.39. The van der Waals surface area contributed by atoms with E-state index in [-0.39, 0.29) is 11.5 Å². The van der Waals surface area contributed by atoms with Crippen LogP contribution in [-0.2, 0) is 6.54 Å². The lowest BCUT2D eigenvalue weighted by atomic mass is 10.1. The molecule has 3 rings (SSSR count). The highest BCUT2D eigenvalue weighted by molar-refractivity contribution is 5.97. The summed E-state index contributed by atoms with van der Waals surface area (Å²) in [5.41, 5.74) is 7.57. The third-order valence-corrected chi connectivity index (χ3v) is 3.44. The van der Waals surface area contributed by atoms with E-state index in [0.29, 0.717) is 23.3 Å². The molecule has 0 aliphatic heterocycles. The number of nitrogens with zero attached hydrogens (tertiary/aromatic N) is 4. The molecule has 23 heavy (non-hydrogen) atoms. The molecule has 7 nitrogen and oxygen atoms in total. The first-order valence-electron chi connectivity index (χ1n) is 6.95. The van der Waals surface area contributed by atoms with Crippen LogP contribution in [-0.4, -0.2) is 33.1 Å². The molecular formula is C16H15N5O2. The number of benzene rings is 1. The van der Waals surface area contributed by atoms with Crippen molar-refractivity contribution in [2.75, 3.05) is 17.7 Å². The van der Waals surface area contributed by atoms with Crippen molar-refractivity contribution in [2.45, 2.75) is 6.54 Å². The Morgan fingerprint density at radius 3 is 2.83 bits per heavy atom. The molecule has 1 aromatic carbocycles. The van der Waals surface area contributed by atoms with E-state index in [1.807, 2.05) is 24.1 Å². The smallest absolute Gasteiger partial charge is 0.335 e. The Bertz CT molecular complexity index is 867. The molecule has 3 N–H and O–H groups in total. The first-order chi connectivity index (χ1) is 11.0. The van der Waals surface area contributed by atoms with E-state index < -0.39 is 5.97 Å². The van der Waals surface area contributed by atoms with Gasteiger partial charge in [0.1, 0.15) is 5.82 Å². The van der Waals surface area contributed by atoms with Gasteiger partial charge in [-0.1, -0.05) is 6.07 Å². The number of rotatable bonds is 4. The van der Waals surface area contributed by atoms with Crippen molar-refractivity contribution in [3.8, 4) is 0 Å². The van der Waals surface area contributed by atoms with E-state index in [1.54, 1.807) is 24.5 Å². The van der Waals surface area contributed by atoms with Gasteiger partial charge in [-0.25, -0.2) is 9.78 Å². The van der Waals surface area contributed by atoms with Crippen LogP contribution in [0.25, 0.3) is 10.9 Å². The van der Waals surface area contributed by atoms with E-state index in [1.165, 1.54) is 6.07 Å². The minimum Gasteiger partial charge on any atom is -0.478 e. The number of aromatic nitrogens is 3. The molecule has 0 saturated carbocycles. The first-order valence-corrected chi connectivity index (χ1v) is 6.95. The predicted molar refractivity (Wildman–Crippen MR) is 87.3 cm³/mol. The molecule has 116 valence electrons. The van der Waals surface area contributed by atoms with Crippen molar-refractivity contribution in [3.05, 3.63) is 53.9 Å². The lowest BCUT2D eigenvalue weighted by Crippen LogP contribution is -2.19. The van der Waals surface area contributed by atoms with Crippen molar-refractivity contribution in [1.29, 1.82) is 0 Å². The highest BCUT2D eigenvalue weighted by Crippen LogP contribution is 2.26. The highest BCUT2D eigenvalue weighted by Gasteiger charge is 2.13. The van der Waals surface area contributed by atoms with Gasteiger partial charge in [0.25, 0.3) is 0 Å².